The first kappa shape index (κ1) is 28.1. The molecule has 0 fully saturated rings. The summed E-state index contributed by atoms with van der Waals surface area (Å²) < 4.78 is 23.6. The van der Waals surface area contributed by atoms with Gasteiger partial charge in [-0.25, -0.2) is 0 Å². The van der Waals surface area contributed by atoms with Crippen molar-refractivity contribution in [1.82, 2.24) is 21.3 Å². The van der Waals surface area contributed by atoms with Crippen LogP contribution < -0.4 is 21.3 Å². The summed E-state index contributed by atoms with van der Waals surface area (Å²) in [5.74, 6) is 0. The third kappa shape index (κ3) is 17.7. The molecule has 0 aliphatic rings. The molecule has 0 aromatic heterocycles. The van der Waals surface area contributed by atoms with E-state index in [9.17, 15) is 0 Å². The molecule has 0 unspecified atom stereocenters. The zero-order valence-electron chi connectivity index (χ0n) is 19.2. The third-order valence-corrected chi connectivity index (χ3v) is 3.75. The van der Waals surface area contributed by atoms with Gasteiger partial charge in [0.15, 0.2) is 0 Å². The summed E-state index contributed by atoms with van der Waals surface area (Å²) in [5, 5.41) is 13.1. The van der Waals surface area contributed by atoms with Crippen LogP contribution >= 0.6 is 0 Å². The van der Waals surface area contributed by atoms with Gasteiger partial charge in [0.25, 0.3) is 0 Å². The Hall–Kier alpha value is -0.900. The van der Waals surface area contributed by atoms with Crippen LogP contribution in [0.4, 0.5) is 0 Å². The zero-order valence-corrected chi connectivity index (χ0v) is 19.2. The molecule has 0 aromatic carbocycles. The molecule has 0 rings (SSSR count). The maximum Gasteiger partial charge on any atom is 0.460 e. The molecule has 0 spiro atoms. The first-order chi connectivity index (χ1) is 14.2. The molecule has 0 saturated carbocycles. The fourth-order valence-electron chi connectivity index (χ4n) is 2.27. The van der Waals surface area contributed by atoms with Crippen LogP contribution in [0, 0.1) is 0 Å². The van der Waals surface area contributed by atoms with Gasteiger partial charge in [0.1, 0.15) is 6.26 Å². The van der Waals surface area contributed by atoms with E-state index < -0.39 is 6.16 Å². The van der Waals surface area contributed by atoms with Crippen molar-refractivity contribution in [3.8, 4) is 0 Å². The molecule has 4 N–H and O–H groups in total. The molecule has 8 nitrogen and oxygen atoms in total. The predicted octanol–water partition coefficient (Wildman–Crippen LogP) is 2.13. The molecule has 0 heterocycles. The average molecular weight is 419 g/mol. The fraction of sp³-hybridized carbons (Fsp3) is 0.905. The SMILES string of the molecule is CCCN/C=C/OC(OCCNCCC)(OCCNCCC)OCCNCCC. The lowest BCUT2D eigenvalue weighted by Gasteiger charge is -2.31. The molecule has 0 aliphatic heterocycles. The highest BCUT2D eigenvalue weighted by Crippen LogP contribution is 2.18. The molecule has 0 aromatic rings. The van der Waals surface area contributed by atoms with Gasteiger partial charge in [-0.15, -0.1) is 0 Å². The van der Waals surface area contributed by atoms with Gasteiger partial charge in [-0.05, 0) is 45.3 Å². The molecule has 0 saturated heterocycles. The topological polar surface area (TPSA) is 85.0 Å². The number of nitrogens with one attached hydrogen (secondary N) is 4. The Labute approximate surface area is 178 Å². The number of ether oxygens (including phenoxy) is 4. The van der Waals surface area contributed by atoms with Crippen molar-refractivity contribution < 1.29 is 18.9 Å². The fourth-order valence-corrected chi connectivity index (χ4v) is 2.27. The van der Waals surface area contributed by atoms with Crippen LogP contribution in [0.3, 0.4) is 0 Å². The minimum Gasteiger partial charge on any atom is -0.423 e. The quantitative estimate of drug-likeness (QED) is 0.114. The highest BCUT2D eigenvalue weighted by atomic mass is 17.0. The normalized spacial score (nSPS) is 12.0. The van der Waals surface area contributed by atoms with E-state index in [0.29, 0.717) is 39.5 Å². The van der Waals surface area contributed by atoms with Gasteiger partial charge < -0.3 is 26.0 Å². The molecular weight excluding hydrogens is 372 g/mol. The van der Waals surface area contributed by atoms with E-state index in [1.165, 1.54) is 6.26 Å². The summed E-state index contributed by atoms with van der Waals surface area (Å²) in [5.41, 5.74) is 0. The molecule has 8 heteroatoms. The van der Waals surface area contributed by atoms with Crippen LogP contribution in [0.2, 0.25) is 0 Å². The van der Waals surface area contributed by atoms with Gasteiger partial charge in [0.05, 0.1) is 19.8 Å². The number of rotatable bonds is 23. The smallest absolute Gasteiger partial charge is 0.423 e. The van der Waals surface area contributed by atoms with Crippen molar-refractivity contribution in [3.63, 3.8) is 0 Å². The number of hydrogen-bond acceptors (Lipinski definition) is 8. The van der Waals surface area contributed by atoms with Crippen LogP contribution in [0.25, 0.3) is 0 Å². The Morgan fingerprint density at radius 1 is 0.586 bits per heavy atom. The van der Waals surface area contributed by atoms with E-state index >= 15 is 0 Å². The van der Waals surface area contributed by atoms with Crippen LogP contribution in [0.1, 0.15) is 53.4 Å². The summed E-state index contributed by atoms with van der Waals surface area (Å²) in [4.78, 5) is 0. The lowest BCUT2D eigenvalue weighted by atomic mass is 10.5. The third-order valence-electron chi connectivity index (χ3n) is 3.75. The van der Waals surface area contributed by atoms with Gasteiger partial charge in [-0.1, -0.05) is 27.7 Å². The van der Waals surface area contributed by atoms with Crippen molar-refractivity contribution in [1.29, 1.82) is 0 Å². The van der Waals surface area contributed by atoms with Crippen molar-refractivity contribution >= 4 is 0 Å². The van der Waals surface area contributed by atoms with Crippen molar-refractivity contribution in [2.45, 2.75) is 59.5 Å². The monoisotopic (exact) mass is 418 g/mol. The second-order valence-corrected chi connectivity index (χ2v) is 6.67. The Morgan fingerprint density at radius 3 is 1.38 bits per heavy atom. The molecule has 0 aliphatic carbocycles. The lowest BCUT2D eigenvalue weighted by Crippen LogP contribution is -2.45. The Kier molecular flexibility index (Phi) is 21.1. The van der Waals surface area contributed by atoms with Crippen molar-refractivity contribution in [3.05, 3.63) is 12.5 Å². The van der Waals surface area contributed by atoms with E-state index in [1.807, 2.05) is 0 Å². The molecule has 0 atom stereocenters. The van der Waals surface area contributed by atoms with Crippen LogP contribution in [-0.2, 0) is 18.9 Å². The molecule has 0 amide bonds. The summed E-state index contributed by atoms with van der Waals surface area (Å²) in [7, 11) is 0. The standard InChI is InChI=1S/C21H46N4O4/c1-5-9-22-13-17-26-21(27-18-14-23-10-6-2,28-19-15-24-11-7-3)29-20-16-25-12-8-4/h13,17,22-25H,5-12,14-16,18-20H2,1-4H3/b17-13+. The summed E-state index contributed by atoms with van der Waals surface area (Å²) in [6.07, 6.45) is 5.99. The zero-order chi connectivity index (χ0) is 21.5. The molecule has 0 bridgehead atoms. The second-order valence-electron chi connectivity index (χ2n) is 6.67. The van der Waals surface area contributed by atoms with E-state index in [2.05, 4.69) is 49.0 Å². The van der Waals surface area contributed by atoms with Gasteiger partial charge in [-0.3, -0.25) is 14.2 Å². The minimum atomic E-state index is -1.56. The van der Waals surface area contributed by atoms with Gasteiger partial charge in [0.2, 0.25) is 0 Å². The van der Waals surface area contributed by atoms with E-state index in [-0.39, 0.29) is 0 Å². The van der Waals surface area contributed by atoms with Crippen molar-refractivity contribution in [2.24, 2.45) is 0 Å². The maximum atomic E-state index is 5.93. The second kappa shape index (κ2) is 21.8. The average Bonchev–Trinajstić information content (AvgIpc) is 2.73. The highest BCUT2D eigenvalue weighted by Gasteiger charge is 2.36. The Bertz CT molecular complexity index is 324. The molecule has 174 valence electrons. The van der Waals surface area contributed by atoms with Gasteiger partial charge in [0, 0.05) is 32.4 Å². The van der Waals surface area contributed by atoms with Crippen molar-refractivity contribution in [2.75, 3.05) is 65.6 Å². The molecule has 0 radical (unpaired) electrons. The minimum absolute atomic E-state index is 0.418. The van der Waals surface area contributed by atoms with Gasteiger partial charge >= 0.3 is 6.16 Å². The maximum absolute atomic E-state index is 5.93. The van der Waals surface area contributed by atoms with E-state index in [0.717, 1.165) is 51.9 Å². The summed E-state index contributed by atoms with van der Waals surface area (Å²) in [6, 6.07) is 0. The summed E-state index contributed by atoms with van der Waals surface area (Å²) in [6.45, 7) is 15.6. The Morgan fingerprint density at radius 2 is 1.00 bits per heavy atom. The van der Waals surface area contributed by atoms with E-state index in [4.69, 9.17) is 18.9 Å². The Balaban J connectivity index is 4.80. The summed E-state index contributed by atoms with van der Waals surface area (Å²) >= 11 is 0. The number of hydrogen-bond donors (Lipinski definition) is 4. The highest BCUT2D eigenvalue weighted by molar-refractivity contribution is 4.71. The van der Waals surface area contributed by atoms with Crippen LogP contribution in [0.15, 0.2) is 12.5 Å². The van der Waals surface area contributed by atoms with E-state index in [1.54, 1.807) is 6.20 Å². The van der Waals surface area contributed by atoms with Gasteiger partial charge in [-0.2, -0.15) is 0 Å². The first-order valence-electron chi connectivity index (χ1n) is 11.3. The first-order valence-corrected chi connectivity index (χ1v) is 11.3. The largest absolute Gasteiger partial charge is 0.460 e. The molecular formula is C21H46N4O4. The molecule has 29 heavy (non-hydrogen) atoms. The predicted molar refractivity (Wildman–Crippen MR) is 119 cm³/mol. The van der Waals surface area contributed by atoms with Crippen LogP contribution in [-0.4, -0.2) is 71.8 Å². The van der Waals surface area contributed by atoms with Crippen LogP contribution in [0.5, 0.6) is 0 Å². The lowest BCUT2D eigenvalue weighted by molar-refractivity contribution is -0.483.